The van der Waals surface area contributed by atoms with E-state index in [1.807, 2.05) is 37.3 Å². The Morgan fingerprint density at radius 2 is 1.67 bits per heavy atom. The number of aliphatic carboxylic acids is 1. The molecular weight excluding hydrogens is 344 g/mol. The van der Waals surface area contributed by atoms with Crippen molar-refractivity contribution in [3.63, 3.8) is 0 Å². The van der Waals surface area contributed by atoms with Crippen LogP contribution in [0, 0.1) is 6.92 Å². The normalized spacial score (nSPS) is 11.4. The van der Waals surface area contributed by atoms with Crippen LogP contribution in [-0.4, -0.2) is 29.4 Å². The van der Waals surface area contributed by atoms with E-state index in [1.165, 1.54) is 0 Å². The van der Waals surface area contributed by atoms with Crippen molar-refractivity contribution in [1.29, 1.82) is 0 Å². The Labute approximate surface area is 158 Å². The van der Waals surface area contributed by atoms with E-state index >= 15 is 0 Å². The Balaban J connectivity index is 1.82. The van der Waals surface area contributed by atoms with Crippen LogP contribution in [0.25, 0.3) is 0 Å². The molecule has 0 aliphatic carbocycles. The second kappa shape index (κ2) is 10.1. The highest BCUT2D eigenvalue weighted by molar-refractivity contribution is 5.94. The smallest absolute Gasteiger partial charge is 0.305 e. The molecule has 0 radical (unpaired) electrons. The predicted octanol–water partition coefficient (Wildman–Crippen LogP) is 2.84. The van der Waals surface area contributed by atoms with E-state index in [9.17, 15) is 14.4 Å². The molecule has 6 heteroatoms. The average molecular weight is 368 g/mol. The lowest BCUT2D eigenvalue weighted by molar-refractivity contribution is -0.137. The molecule has 0 spiro atoms. The van der Waals surface area contributed by atoms with Crippen molar-refractivity contribution in [2.75, 3.05) is 6.54 Å². The standard InChI is InChI=1S/C21H24N2O4/c1-15-8-5-6-11-17(15)18(14-20(25)26)23-19(24)12-7-13-22-21(27)16-9-3-2-4-10-16/h2-6,8-11,18H,7,12-14H2,1H3,(H,22,27)(H,23,24)(H,25,26). The van der Waals surface area contributed by atoms with Gasteiger partial charge in [-0.2, -0.15) is 0 Å². The van der Waals surface area contributed by atoms with Gasteiger partial charge in [0, 0.05) is 18.5 Å². The van der Waals surface area contributed by atoms with E-state index in [4.69, 9.17) is 5.11 Å². The first-order valence-corrected chi connectivity index (χ1v) is 8.87. The summed E-state index contributed by atoms with van der Waals surface area (Å²) in [6.45, 7) is 2.25. The van der Waals surface area contributed by atoms with Gasteiger partial charge in [-0.25, -0.2) is 0 Å². The largest absolute Gasteiger partial charge is 0.481 e. The lowest BCUT2D eigenvalue weighted by Gasteiger charge is -2.19. The van der Waals surface area contributed by atoms with Crippen molar-refractivity contribution in [1.82, 2.24) is 10.6 Å². The maximum Gasteiger partial charge on any atom is 0.305 e. The molecular formula is C21H24N2O4. The van der Waals surface area contributed by atoms with Gasteiger partial charge >= 0.3 is 5.97 Å². The molecule has 0 aromatic heterocycles. The topological polar surface area (TPSA) is 95.5 Å². The van der Waals surface area contributed by atoms with Gasteiger partial charge < -0.3 is 15.7 Å². The number of rotatable bonds is 9. The van der Waals surface area contributed by atoms with Gasteiger partial charge in [0.05, 0.1) is 12.5 Å². The van der Waals surface area contributed by atoms with E-state index in [2.05, 4.69) is 10.6 Å². The third kappa shape index (κ3) is 6.58. The summed E-state index contributed by atoms with van der Waals surface area (Å²) >= 11 is 0. The lowest BCUT2D eigenvalue weighted by atomic mass is 9.98. The Hall–Kier alpha value is -3.15. The molecule has 0 aliphatic rings. The zero-order valence-corrected chi connectivity index (χ0v) is 15.3. The molecule has 2 aromatic rings. The Morgan fingerprint density at radius 1 is 1.00 bits per heavy atom. The SMILES string of the molecule is Cc1ccccc1C(CC(=O)O)NC(=O)CCCNC(=O)c1ccccc1. The van der Waals surface area contributed by atoms with Gasteiger partial charge in [0.2, 0.25) is 5.91 Å². The monoisotopic (exact) mass is 368 g/mol. The minimum absolute atomic E-state index is 0.179. The Kier molecular flexibility index (Phi) is 7.55. The number of carbonyl (C=O) groups excluding carboxylic acids is 2. The molecule has 0 saturated heterocycles. The molecule has 0 heterocycles. The van der Waals surface area contributed by atoms with Crippen LogP contribution in [0.5, 0.6) is 0 Å². The molecule has 0 aliphatic heterocycles. The predicted molar refractivity (Wildman–Crippen MR) is 102 cm³/mol. The number of amides is 2. The molecule has 142 valence electrons. The van der Waals surface area contributed by atoms with E-state index in [0.29, 0.717) is 18.5 Å². The molecule has 0 saturated carbocycles. The molecule has 2 aromatic carbocycles. The highest BCUT2D eigenvalue weighted by Crippen LogP contribution is 2.20. The molecule has 3 N–H and O–H groups in total. The van der Waals surface area contributed by atoms with Crippen LogP contribution < -0.4 is 10.6 Å². The van der Waals surface area contributed by atoms with Crippen molar-refractivity contribution in [3.05, 3.63) is 71.3 Å². The zero-order valence-electron chi connectivity index (χ0n) is 15.3. The summed E-state index contributed by atoms with van der Waals surface area (Å²) in [5, 5.41) is 14.7. The second-order valence-electron chi connectivity index (χ2n) is 6.30. The lowest BCUT2D eigenvalue weighted by Crippen LogP contribution is -2.31. The van der Waals surface area contributed by atoms with Gasteiger partial charge in [-0.3, -0.25) is 14.4 Å². The van der Waals surface area contributed by atoms with Crippen molar-refractivity contribution in [2.24, 2.45) is 0 Å². The fraction of sp³-hybridized carbons (Fsp3) is 0.286. The van der Waals surface area contributed by atoms with Crippen LogP contribution in [0.2, 0.25) is 0 Å². The third-order valence-corrected chi connectivity index (χ3v) is 4.18. The number of carboxylic acids is 1. The first kappa shape index (κ1) is 20.2. The van der Waals surface area contributed by atoms with Crippen LogP contribution in [0.4, 0.5) is 0 Å². The molecule has 2 amide bonds. The van der Waals surface area contributed by atoms with Gasteiger partial charge in [-0.1, -0.05) is 42.5 Å². The molecule has 1 atom stereocenters. The number of aryl methyl sites for hydroxylation is 1. The maximum atomic E-state index is 12.2. The number of carboxylic acid groups (broad SMARTS) is 1. The maximum absolute atomic E-state index is 12.2. The Morgan fingerprint density at radius 3 is 2.33 bits per heavy atom. The molecule has 6 nitrogen and oxygen atoms in total. The Bertz CT molecular complexity index is 790. The average Bonchev–Trinajstić information content (AvgIpc) is 2.65. The molecule has 27 heavy (non-hydrogen) atoms. The summed E-state index contributed by atoms with van der Waals surface area (Å²) in [7, 11) is 0. The molecule has 2 rings (SSSR count). The second-order valence-corrected chi connectivity index (χ2v) is 6.30. The molecule has 0 fully saturated rings. The first-order valence-electron chi connectivity index (χ1n) is 8.87. The molecule has 0 bridgehead atoms. The van der Waals surface area contributed by atoms with Crippen molar-refractivity contribution >= 4 is 17.8 Å². The van der Waals surface area contributed by atoms with Crippen LogP contribution >= 0.6 is 0 Å². The fourth-order valence-electron chi connectivity index (χ4n) is 2.80. The number of benzene rings is 2. The number of hydrogen-bond donors (Lipinski definition) is 3. The van der Waals surface area contributed by atoms with E-state index in [0.717, 1.165) is 11.1 Å². The van der Waals surface area contributed by atoms with Crippen molar-refractivity contribution in [2.45, 2.75) is 32.2 Å². The highest BCUT2D eigenvalue weighted by Gasteiger charge is 2.19. The summed E-state index contributed by atoms with van der Waals surface area (Å²) in [4.78, 5) is 35.3. The van der Waals surface area contributed by atoms with E-state index in [-0.39, 0.29) is 24.7 Å². The van der Waals surface area contributed by atoms with Crippen molar-refractivity contribution < 1.29 is 19.5 Å². The van der Waals surface area contributed by atoms with Gasteiger partial charge in [0.25, 0.3) is 5.91 Å². The van der Waals surface area contributed by atoms with E-state index < -0.39 is 12.0 Å². The first-order chi connectivity index (χ1) is 13.0. The summed E-state index contributed by atoms with van der Waals surface area (Å²) in [5.74, 6) is -1.39. The summed E-state index contributed by atoms with van der Waals surface area (Å²) in [6, 6.07) is 15.7. The minimum atomic E-state index is -0.973. The summed E-state index contributed by atoms with van der Waals surface area (Å²) in [5.41, 5.74) is 2.30. The van der Waals surface area contributed by atoms with E-state index in [1.54, 1.807) is 24.3 Å². The van der Waals surface area contributed by atoms with Crippen LogP contribution in [-0.2, 0) is 9.59 Å². The number of carbonyl (C=O) groups is 3. The fourth-order valence-corrected chi connectivity index (χ4v) is 2.80. The van der Waals surface area contributed by atoms with Gasteiger partial charge in [0.1, 0.15) is 0 Å². The van der Waals surface area contributed by atoms with Gasteiger partial charge in [0.15, 0.2) is 0 Å². The van der Waals surface area contributed by atoms with Gasteiger partial charge in [-0.05, 0) is 36.6 Å². The number of hydrogen-bond acceptors (Lipinski definition) is 3. The zero-order chi connectivity index (χ0) is 19.6. The van der Waals surface area contributed by atoms with Gasteiger partial charge in [-0.15, -0.1) is 0 Å². The quantitative estimate of drug-likeness (QED) is 0.593. The van der Waals surface area contributed by atoms with Crippen LogP contribution in [0.3, 0.4) is 0 Å². The van der Waals surface area contributed by atoms with Crippen LogP contribution in [0.15, 0.2) is 54.6 Å². The summed E-state index contributed by atoms with van der Waals surface area (Å²) < 4.78 is 0. The number of nitrogens with one attached hydrogen (secondary N) is 2. The third-order valence-electron chi connectivity index (χ3n) is 4.18. The highest BCUT2D eigenvalue weighted by atomic mass is 16.4. The summed E-state index contributed by atoms with van der Waals surface area (Å²) in [6.07, 6.45) is 0.496. The van der Waals surface area contributed by atoms with Crippen molar-refractivity contribution in [3.8, 4) is 0 Å². The molecule has 1 unspecified atom stereocenters. The minimum Gasteiger partial charge on any atom is -0.481 e. The van der Waals surface area contributed by atoms with Crippen LogP contribution in [0.1, 0.15) is 46.8 Å².